The Morgan fingerprint density at radius 2 is 1.42 bits per heavy atom. The van der Waals surface area contributed by atoms with E-state index in [-0.39, 0.29) is 10.3 Å². The maximum absolute atomic E-state index is 12.8. The van der Waals surface area contributed by atoms with Crippen molar-refractivity contribution < 1.29 is 13.2 Å². The molecule has 2 aromatic carbocycles. The summed E-state index contributed by atoms with van der Waals surface area (Å²) >= 11 is 0. The fourth-order valence-electron chi connectivity index (χ4n) is 3.60. The predicted molar refractivity (Wildman–Crippen MR) is 128 cm³/mol. The summed E-state index contributed by atoms with van der Waals surface area (Å²) in [4.78, 5) is 12.9. The Morgan fingerprint density at radius 3 is 2.03 bits per heavy atom. The molecule has 0 unspecified atom stereocenters. The van der Waals surface area contributed by atoms with Crippen molar-refractivity contribution in [2.45, 2.75) is 89.4 Å². The van der Waals surface area contributed by atoms with Gasteiger partial charge < -0.3 is 0 Å². The molecule has 0 aliphatic heterocycles. The first-order valence-corrected chi connectivity index (χ1v) is 12.9. The normalized spacial score (nSPS) is 12.0. The van der Waals surface area contributed by atoms with Gasteiger partial charge >= 0.3 is 0 Å². The summed E-state index contributed by atoms with van der Waals surface area (Å²) in [6.45, 7) is 8.42. The van der Waals surface area contributed by atoms with E-state index in [1.807, 2.05) is 12.1 Å². The maximum Gasteiger partial charge on any atom is 0.265 e. The van der Waals surface area contributed by atoms with Gasteiger partial charge in [-0.25, -0.2) is 13.1 Å². The molecule has 0 aliphatic rings. The Morgan fingerprint density at radius 1 is 0.839 bits per heavy atom. The van der Waals surface area contributed by atoms with Crippen LogP contribution in [-0.4, -0.2) is 14.3 Å². The zero-order valence-electron chi connectivity index (χ0n) is 19.4. The van der Waals surface area contributed by atoms with Crippen LogP contribution in [0.15, 0.2) is 53.4 Å². The molecule has 4 nitrogen and oxygen atoms in total. The summed E-state index contributed by atoms with van der Waals surface area (Å²) in [6, 6.07) is 14.0. The van der Waals surface area contributed by atoms with Crippen molar-refractivity contribution in [1.29, 1.82) is 0 Å². The van der Waals surface area contributed by atoms with Crippen molar-refractivity contribution in [3.8, 4) is 0 Å². The van der Waals surface area contributed by atoms with Crippen LogP contribution in [0.25, 0.3) is 0 Å². The summed E-state index contributed by atoms with van der Waals surface area (Å²) in [7, 11) is -3.92. The van der Waals surface area contributed by atoms with Crippen molar-refractivity contribution in [3.05, 3.63) is 65.2 Å². The third kappa shape index (κ3) is 7.80. The Balaban J connectivity index is 2.01. The number of hydrogen-bond acceptors (Lipinski definition) is 3. The highest BCUT2D eigenvalue weighted by Crippen LogP contribution is 2.23. The van der Waals surface area contributed by atoms with Gasteiger partial charge in [0.1, 0.15) is 0 Å². The Hall–Kier alpha value is -2.14. The van der Waals surface area contributed by atoms with E-state index in [4.69, 9.17) is 0 Å². The van der Waals surface area contributed by atoms with Gasteiger partial charge in [0, 0.05) is 5.56 Å². The van der Waals surface area contributed by atoms with Gasteiger partial charge in [-0.05, 0) is 47.6 Å². The molecule has 0 fully saturated rings. The summed E-state index contributed by atoms with van der Waals surface area (Å²) < 4.78 is 27.7. The van der Waals surface area contributed by atoms with E-state index in [0.29, 0.717) is 5.56 Å². The molecule has 31 heavy (non-hydrogen) atoms. The molecule has 0 spiro atoms. The maximum atomic E-state index is 12.8. The second-order valence-electron chi connectivity index (χ2n) is 9.24. The molecule has 0 saturated carbocycles. The lowest BCUT2D eigenvalue weighted by Gasteiger charge is -2.19. The number of aryl methyl sites for hydroxylation is 1. The molecule has 2 aromatic rings. The quantitative estimate of drug-likeness (QED) is 0.409. The number of nitrogens with one attached hydrogen (secondary N) is 1. The van der Waals surface area contributed by atoms with E-state index in [9.17, 15) is 13.2 Å². The summed E-state index contributed by atoms with van der Waals surface area (Å²) in [5, 5.41) is 0. The van der Waals surface area contributed by atoms with E-state index in [1.54, 1.807) is 36.4 Å². The van der Waals surface area contributed by atoms with Crippen LogP contribution in [0.1, 0.15) is 94.1 Å². The number of carbonyl (C=O) groups is 1. The van der Waals surface area contributed by atoms with Crippen molar-refractivity contribution in [2.75, 3.05) is 0 Å². The van der Waals surface area contributed by atoms with Crippen molar-refractivity contribution in [1.82, 2.24) is 4.72 Å². The number of sulfonamides is 1. The lowest BCUT2D eigenvalue weighted by molar-refractivity contribution is 0.0980. The molecule has 1 amide bonds. The van der Waals surface area contributed by atoms with E-state index < -0.39 is 15.9 Å². The smallest absolute Gasteiger partial charge is 0.265 e. The highest BCUT2D eigenvalue weighted by atomic mass is 32.2. The zero-order valence-corrected chi connectivity index (χ0v) is 20.2. The van der Waals surface area contributed by atoms with Crippen molar-refractivity contribution >= 4 is 15.9 Å². The molecule has 1 N–H and O–H groups in total. The predicted octanol–water partition coefficient (Wildman–Crippen LogP) is 6.40. The highest BCUT2D eigenvalue weighted by molar-refractivity contribution is 7.90. The van der Waals surface area contributed by atoms with Gasteiger partial charge in [-0.1, -0.05) is 96.6 Å². The number of benzene rings is 2. The fourth-order valence-corrected chi connectivity index (χ4v) is 4.57. The standard InChI is InChI=1S/C26H37NO3S/c1-5-6-7-8-9-10-11-14-21-15-12-13-16-24(21)25(28)27-31(29,30)23-19-17-22(18-20-23)26(2,3)4/h12-13,15-20H,5-11,14H2,1-4H3,(H,27,28). The zero-order chi connectivity index (χ0) is 22.9. The van der Waals surface area contributed by atoms with Crippen LogP contribution >= 0.6 is 0 Å². The monoisotopic (exact) mass is 443 g/mol. The van der Waals surface area contributed by atoms with Crippen molar-refractivity contribution in [3.63, 3.8) is 0 Å². The molecular weight excluding hydrogens is 406 g/mol. The first kappa shape index (κ1) is 25.1. The number of rotatable bonds is 11. The minimum Gasteiger partial charge on any atom is -0.268 e. The van der Waals surface area contributed by atoms with Crippen LogP contribution in [0.4, 0.5) is 0 Å². The van der Waals surface area contributed by atoms with Gasteiger partial charge in [-0.2, -0.15) is 0 Å². The minimum atomic E-state index is -3.92. The van der Waals surface area contributed by atoms with Crippen molar-refractivity contribution in [2.24, 2.45) is 0 Å². The Bertz CT molecular complexity index is 941. The van der Waals surface area contributed by atoms with Gasteiger partial charge in [0.25, 0.3) is 15.9 Å². The van der Waals surface area contributed by atoms with E-state index in [0.717, 1.165) is 30.4 Å². The van der Waals surface area contributed by atoms with Gasteiger partial charge in [0.2, 0.25) is 0 Å². The van der Waals surface area contributed by atoms with E-state index >= 15 is 0 Å². The van der Waals surface area contributed by atoms with E-state index in [1.165, 1.54) is 32.1 Å². The second kappa shape index (κ2) is 11.5. The summed E-state index contributed by atoms with van der Waals surface area (Å²) in [5.41, 5.74) is 2.30. The SMILES string of the molecule is CCCCCCCCCc1ccccc1C(=O)NS(=O)(=O)c1ccc(C(C)(C)C)cc1. The van der Waals surface area contributed by atoms with Gasteiger partial charge in [0.15, 0.2) is 0 Å². The van der Waals surface area contributed by atoms with E-state index in [2.05, 4.69) is 32.4 Å². The fraction of sp³-hybridized carbons (Fsp3) is 0.500. The summed E-state index contributed by atoms with van der Waals surface area (Å²) in [6.07, 6.45) is 9.16. The lowest BCUT2D eigenvalue weighted by atomic mass is 9.87. The first-order valence-electron chi connectivity index (χ1n) is 11.4. The molecule has 0 bridgehead atoms. The third-order valence-electron chi connectivity index (χ3n) is 5.57. The van der Waals surface area contributed by atoms with Crippen LogP contribution in [0.2, 0.25) is 0 Å². The summed E-state index contributed by atoms with van der Waals surface area (Å²) in [5.74, 6) is -0.571. The molecule has 2 rings (SSSR count). The van der Waals surface area contributed by atoms with Crippen LogP contribution in [0, 0.1) is 0 Å². The minimum absolute atomic E-state index is 0.0690. The number of hydrogen-bond donors (Lipinski definition) is 1. The largest absolute Gasteiger partial charge is 0.268 e. The molecule has 5 heteroatoms. The average Bonchev–Trinajstić information content (AvgIpc) is 2.72. The highest BCUT2D eigenvalue weighted by Gasteiger charge is 2.21. The van der Waals surface area contributed by atoms with Crippen LogP contribution in [0.5, 0.6) is 0 Å². The number of amides is 1. The van der Waals surface area contributed by atoms with Crippen LogP contribution in [-0.2, 0) is 21.9 Å². The molecular formula is C26H37NO3S. The lowest BCUT2D eigenvalue weighted by Crippen LogP contribution is -2.31. The number of unbranched alkanes of at least 4 members (excludes halogenated alkanes) is 6. The molecule has 0 saturated heterocycles. The Kier molecular flexibility index (Phi) is 9.30. The topological polar surface area (TPSA) is 63.2 Å². The first-order chi connectivity index (χ1) is 14.6. The van der Waals surface area contributed by atoms with Gasteiger partial charge in [-0.15, -0.1) is 0 Å². The molecule has 0 atom stereocenters. The molecule has 0 heterocycles. The van der Waals surface area contributed by atoms with Gasteiger partial charge in [-0.3, -0.25) is 4.79 Å². The molecule has 0 aromatic heterocycles. The molecule has 0 aliphatic carbocycles. The second-order valence-corrected chi connectivity index (χ2v) is 10.9. The average molecular weight is 444 g/mol. The Labute approximate surface area is 188 Å². The van der Waals surface area contributed by atoms with Crippen LogP contribution < -0.4 is 4.72 Å². The third-order valence-corrected chi connectivity index (χ3v) is 6.92. The molecule has 0 radical (unpaired) electrons. The van der Waals surface area contributed by atoms with Gasteiger partial charge in [0.05, 0.1) is 4.90 Å². The van der Waals surface area contributed by atoms with Crippen LogP contribution in [0.3, 0.4) is 0 Å². The number of carbonyl (C=O) groups excluding carboxylic acids is 1. The molecule has 170 valence electrons.